The van der Waals surface area contributed by atoms with E-state index in [2.05, 4.69) is 20.5 Å². The van der Waals surface area contributed by atoms with Gasteiger partial charge in [0.2, 0.25) is 0 Å². The van der Waals surface area contributed by atoms with Gasteiger partial charge in [-0.05, 0) is 61.9 Å². The van der Waals surface area contributed by atoms with E-state index in [9.17, 15) is 0 Å². The standard InChI is InChI=1S/C20H20ClN5O/c1-13-11-14(2)24-20(23-13)19(22)26-25-17-7-9-18(10-8-17)27-12-15-3-5-16(21)6-4-15/h3-11,25H,12H2,1-2H3,(H2,22,26). The summed E-state index contributed by atoms with van der Waals surface area (Å²) < 4.78 is 5.76. The highest BCUT2D eigenvalue weighted by molar-refractivity contribution is 6.30. The number of hydrazone groups is 1. The summed E-state index contributed by atoms with van der Waals surface area (Å²) >= 11 is 5.88. The Balaban J connectivity index is 1.59. The first kappa shape index (κ1) is 18.7. The molecule has 0 saturated carbocycles. The van der Waals surface area contributed by atoms with E-state index in [0.717, 1.165) is 28.4 Å². The third kappa shape index (κ3) is 5.43. The number of amidine groups is 1. The number of rotatable bonds is 6. The number of aryl methyl sites for hydroxylation is 2. The molecular formula is C20H20ClN5O. The van der Waals surface area contributed by atoms with Gasteiger partial charge in [0.25, 0.3) is 0 Å². The molecule has 27 heavy (non-hydrogen) atoms. The fourth-order valence-corrected chi connectivity index (χ4v) is 2.51. The summed E-state index contributed by atoms with van der Waals surface area (Å²) in [6.07, 6.45) is 0. The highest BCUT2D eigenvalue weighted by Crippen LogP contribution is 2.18. The molecule has 0 fully saturated rings. The predicted molar refractivity (Wildman–Crippen MR) is 108 cm³/mol. The minimum Gasteiger partial charge on any atom is -0.489 e. The number of benzene rings is 2. The van der Waals surface area contributed by atoms with Crippen molar-refractivity contribution in [3.63, 3.8) is 0 Å². The van der Waals surface area contributed by atoms with E-state index in [4.69, 9.17) is 22.1 Å². The second-order valence-corrected chi connectivity index (χ2v) is 6.46. The van der Waals surface area contributed by atoms with Crippen LogP contribution in [0.3, 0.4) is 0 Å². The number of halogens is 1. The summed E-state index contributed by atoms with van der Waals surface area (Å²) in [4.78, 5) is 8.57. The van der Waals surface area contributed by atoms with Gasteiger partial charge in [0, 0.05) is 16.4 Å². The molecule has 0 radical (unpaired) electrons. The Morgan fingerprint density at radius 2 is 1.67 bits per heavy atom. The van der Waals surface area contributed by atoms with E-state index in [-0.39, 0.29) is 5.84 Å². The summed E-state index contributed by atoms with van der Waals surface area (Å²) in [6.45, 7) is 4.25. The third-order valence-corrected chi connectivity index (χ3v) is 3.94. The van der Waals surface area contributed by atoms with Crippen LogP contribution in [-0.4, -0.2) is 15.8 Å². The van der Waals surface area contributed by atoms with Crippen molar-refractivity contribution in [3.8, 4) is 5.75 Å². The maximum absolute atomic E-state index is 5.96. The van der Waals surface area contributed by atoms with Crippen molar-refractivity contribution < 1.29 is 4.74 Å². The van der Waals surface area contributed by atoms with Crippen LogP contribution < -0.4 is 15.9 Å². The first-order valence-electron chi connectivity index (χ1n) is 8.39. The van der Waals surface area contributed by atoms with Crippen LogP contribution in [-0.2, 0) is 6.61 Å². The molecule has 0 aliphatic heterocycles. The number of anilines is 1. The molecule has 138 valence electrons. The number of nitrogens with two attached hydrogens (primary N) is 1. The average molecular weight is 382 g/mol. The van der Waals surface area contributed by atoms with Crippen LogP contribution in [0.1, 0.15) is 22.8 Å². The van der Waals surface area contributed by atoms with Gasteiger partial charge < -0.3 is 10.5 Å². The van der Waals surface area contributed by atoms with Gasteiger partial charge >= 0.3 is 0 Å². The van der Waals surface area contributed by atoms with Crippen molar-refractivity contribution in [2.45, 2.75) is 20.5 Å². The first-order chi connectivity index (χ1) is 13.0. The van der Waals surface area contributed by atoms with E-state index >= 15 is 0 Å². The van der Waals surface area contributed by atoms with Gasteiger partial charge in [-0.1, -0.05) is 23.7 Å². The van der Waals surface area contributed by atoms with E-state index in [1.54, 1.807) is 0 Å². The maximum atomic E-state index is 5.96. The van der Waals surface area contributed by atoms with Crippen molar-refractivity contribution in [2.75, 3.05) is 5.43 Å². The van der Waals surface area contributed by atoms with Gasteiger partial charge in [0.1, 0.15) is 12.4 Å². The normalized spacial score (nSPS) is 11.3. The molecule has 3 rings (SSSR count). The lowest BCUT2D eigenvalue weighted by atomic mass is 10.2. The Morgan fingerprint density at radius 3 is 2.30 bits per heavy atom. The monoisotopic (exact) mass is 381 g/mol. The summed E-state index contributed by atoms with van der Waals surface area (Å²) in [6, 6.07) is 16.9. The Hall–Kier alpha value is -3.12. The van der Waals surface area contributed by atoms with E-state index < -0.39 is 0 Å². The van der Waals surface area contributed by atoms with Gasteiger partial charge in [0.05, 0.1) is 5.69 Å². The van der Waals surface area contributed by atoms with Crippen LogP contribution in [0.2, 0.25) is 5.02 Å². The molecule has 7 heteroatoms. The topological polar surface area (TPSA) is 85.4 Å². The van der Waals surface area contributed by atoms with Crippen molar-refractivity contribution in [1.82, 2.24) is 9.97 Å². The second kappa shape index (κ2) is 8.51. The van der Waals surface area contributed by atoms with Crippen LogP contribution in [0.15, 0.2) is 59.7 Å². The van der Waals surface area contributed by atoms with Crippen LogP contribution in [0, 0.1) is 13.8 Å². The SMILES string of the molecule is Cc1cc(C)nc(C(N)=NNc2ccc(OCc3ccc(Cl)cc3)cc2)n1. The maximum Gasteiger partial charge on any atom is 0.197 e. The molecule has 0 bridgehead atoms. The van der Waals surface area contributed by atoms with Crippen molar-refractivity contribution in [3.05, 3.63) is 82.4 Å². The van der Waals surface area contributed by atoms with Crippen LogP contribution in [0.4, 0.5) is 5.69 Å². The average Bonchev–Trinajstić information content (AvgIpc) is 2.66. The highest BCUT2D eigenvalue weighted by Gasteiger charge is 2.04. The third-order valence-electron chi connectivity index (χ3n) is 3.69. The largest absolute Gasteiger partial charge is 0.489 e. The zero-order valence-corrected chi connectivity index (χ0v) is 15.9. The van der Waals surface area contributed by atoms with Crippen LogP contribution in [0.25, 0.3) is 0 Å². The fraction of sp³-hybridized carbons (Fsp3) is 0.150. The Morgan fingerprint density at radius 1 is 1.04 bits per heavy atom. The lowest BCUT2D eigenvalue weighted by Crippen LogP contribution is -2.19. The molecule has 0 amide bonds. The van der Waals surface area contributed by atoms with E-state index in [1.165, 1.54) is 0 Å². The molecule has 1 aromatic heterocycles. The highest BCUT2D eigenvalue weighted by atomic mass is 35.5. The first-order valence-corrected chi connectivity index (χ1v) is 8.76. The van der Waals surface area contributed by atoms with E-state index in [0.29, 0.717) is 17.5 Å². The fourth-order valence-electron chi connectivity index (χ4n) is 2.39. The molecule has 2 aromatic carbocycles. The van der Waals surface area contributed by atoms with Gasteiger partial charge in [-0.2, -0.15) is 5.10 Å². The van der Waals surface area contributed by atoms with Crippen molar-refractivity contribution in [1.29, 1.82) is 0 Å². The van der Waals surface area contributed by atoms with Gasteiger partial charge in [-0.25, -0.2) is 9.97 Å². The summed E-state index contributed by atoms with van der Waals surface area (Å²) in [7, 11) is 0. The van der Waals surface area contributed by atoms with Crippen molar-refractivity contribution >= 4 is 23.1 Å². The summed E-state index contributed by atoms with van der Waals surface area (Å²) in [5, 5.41) is 4.85. The molecule has 1 heterocycles. The van der Waals surface area contributed by atoms with Crippen LogP contribution in [0.5, 0.6) is 5.75 Å². The number of ether oxygens (including phenoxy) is 1. The van der Waals surface area contributed by atoms with Gasteiger partial charge in [0.15, 0.2) is 11.7 Å². The number of aromatic nitrogens is 2. The van der Waals surface area contributed by atoms with Crippen LogP contribution >= 0.6 is 11.6 Å². The molecule has 3 N–H and O–H groups in total. The lowest BCUT2D eigenvalue weighted by molar-refractivity contribution is 0.306. The Bertz CT molecular complexity index is 919. The second-order valence-electron chi connectivity index (χ2n) is 6.02. The quantitative estimate of drug-likeness (QED) is 0.382. The summed E-state index contributed by atoms with van der Waals surface area (Å²) in [5.74, 6) is 1.39. The molecule has 0 aliphatic carbocycles. The lowest BCUT2D eigenvalue weighted by Gasteiger charge is -2.08. The minimum atomic E-state index is 0.227. The molecule has 0 aliphatic rings. The predicted octanol–water partition coefficient (Wildman–Crippen LogP) is 4.06. The van der Waals surface area contributed by atoms with Gasteiger partial charge in [-0.3, -0.25) is 5.43 Å². The molecule has 0 atom stereocenters. The molecule has 0 unspecified atom stereocenters. The molecule has 0 spiro atoms. The molecule has 0 saturated heterocycles. The summed E-state index contributed by atoms with van der Waals surface area (Å²) in [5.41, 5.74) is 12.4. The molecular weight excluding hydrogens is 362 g/mol. The number of nitrogens with zero attached hydrogens (tertiary/aromatic N) is 3. The van der Waals surface area contributed by atoms with E-state index in [1.807, 2.05) is 68.4 Å². The Kier molecular flexibility index (Phi) is 5.88. The van der Waals surface area contributed by atoms with Crippen molar-refractivity contribution in [2.24, 2.45) is 10.8 Å². The molecule has 3 aromatic rings. The smallest absolute Gasteiger partial charge is 0.197 e. The number of nitrogens with one attached hydrogen (secondary N) is 1. The zero-order chi connectivity index (χ0) is 19.2. The number of hydrogen-bond acceptors (Lipinski definition) is 5. The minimum absolute atomic E-state index is 0.227. The zero-order valence-electron chi connectivity index (χ0n) is 15.1. The number of hydrogen-bond donors (Lipinski definition) is 2. The van der Waals surface area contributed by atoms with Gasteiger partial charge in [-0.15, -0.1) is 0 Å². The molecule has 6 nitrogen and oxygen atoms in total. The Labute approximate surface area is 163 Å².